The van der Waals surface area contributed by atoms with E-state index in [1.165, 1.54) is 24.4 Å². The SMILES string of the molecule is O=C1N[C@@H](c2cc([N+](=O)[O-])ccc2O)Nc2ncccc21. The number of aromatic hydroxyl groups is 1. The molecule has 1 aliphatic heterocycles. The first-order valence-corrected chi connectivity index (χ1v) is 6.06. The quantitative estimate of drug-likeness (QED) is 0.569. The van der Waals surface area contributed by atoms with Crippen molar-refractivity contribution in [2.45, 2.75) is 6.17 Å². The fourth-order valence-corrected chi connectivity index (χ4v) is 2.13. The summed E-state index contributed by atoms with van der Waals surface area (Å²) in [5, 5.41) is 26.2. The lowest BCUT2D eigenvalue weighted by molar-refractivity contribution is -0.385. The number of anilines is 1. The van der Waals surface area contributed by atoms with Crippen molar-refractivity contribution in [2.24, 2.45) is 0 Å². The van der Waals surface area contributed by atoms with Crippen molar-refractivity contribution in [3.63, 3.8) is 0 Å². The number of fused-ring (bicyclic) bond motifs is 1. The number of non-ortho nitro benzene ring substituents is 1. The van der Waals surface area contributed by atoms with Crippen LogP contribution in [0.1, 0.15) is 22.1 Å². The third-order valence-corrected chi connectivity index (χ3v) is 3.14. The third kappa shape index (κ3) is 2.22. The molecule has 2 heterocycles. The van der Waals surface area contributed by atoms with Gasteiger partial charge in [0, 0.05) is 23.9 Å². The van der Waals surface area contributed by atoms with E-state index in [1.54, 1.807) is 12.1 Å². The van der Waals surface area contributed by atoms with Crippen molar-refractivity contribution in [2.75, 3.05) is 5.32 Å². The van der Waals surface area contributed by atoms with Crippen molar-refractivity contribution in [3.05, 3.63) is 57.8 Å². The fourth-order valence-electron chi connectivity index (χ4n) is 2.13. The van der Waals surface area contributed by atoms with Crippen LogP contribution in [0.25, 0.3) is 0 Å². The topological polar surface area (TPSA) is 117 Å². The molecule has 106 valence electrons. The van der Waals surface area contributed by atoms with Crippen molar-refractivity contribution in [3.8, 4) is 5.75 Å². The van der Waals surface area contributed by atoms with Gasteiger partial charge in [-0.05, 0) is 18.2 Å². The molecule has 0 saturated heterocycles. The van der Waals surface area contributed by atoms with Crippen LogP contribution < -0.4 is 10.6 Å². The highest BCUT2D eigenvalue weighted by atomic mass is 16.6. The Bertz CT molecular complexity index is 747. The van der Waals surface area contributed by atoms with Crippen LogP contribution in [0.5, 0.6) is 5.75 Å². The van der Waals surface area contributed by atoms with Gasteiger partial charge >= 0.3 is 0 Å². The van der Waals surface area contributed by atoms with E-state index >= 15 is 0 Å². The van der Waals surface area contributed by atoms with E-state index in [1.807, 2.05) is 0 Å². The molecular weight excluding hydrogens is 276 g/mol. The van der Waals surface area contributed by atoms with Crippen LogP contribution in [-0.4, -0.2) is 20.9 Å². The van der Waals surface area contributed by atoms with Crippen molar-refractivity contribution >= 4 is 17.4 Å². The molecule has 0 aliphatic carbocycles. The summed E-state index contributed by atoms with van der Waals surface area (Å²) in [7, 11) is 0. The number of nitrogens with zero attached hydrogens (tertiary/aromatic N) is 2. The number of pyridine rings is 1. The van der Waals surface area contributed by atoms with Gasteiger partial charge in [-0.2, -0.15) is 0 Å². The van der Waals surface area contributed by atoms with Crippen LogP contribution in [0.4, 0.5) is 11.5 Å². The van der Waals surface area contributed by atoms with Crippen molar-refractivity contribution in [1.29, 1.82) is 0 Å². The van der Waals surface area contributed by atoms with E-state index in [0.717, 1.165) is 0 Å². The number of rotatable bonds is 2. The molecule has 8 nitrogen and oxygen atoms in total. The fraction of sp³-hybridized carbons (Fsp3) is 0.0769. The minimum absolute atomic E-state index is 0.155. The second kappa shape index (κ2) is 4.75. The number of benzene rings is 1. The lowest BCUT2D eigenvalue weighted by Gasteiger charge is -2.27. The van der Waals surface area contributed by atoms with Gasteiger partial charge < -0.3 is 15.7 Å². The van der Waals surface area contributed by atoms with Crippen LogP contribution in [0.15, 0.2) is 36.5 Å². The smallest absolute Gasteiger partial charge is 0.270 e. The van der Waals surface area contributed by atoms with Gasteiger partial charge in [0.2, 0.25) is 0 Å². The van der Waals surface area contributed by atoms with Crippen LogP contribution in [-0.2, 0) is 0 Å². The van der Waals surface area contributed by atoms with E-state index in [0.29, 0.717) is 11.4 Å². The summed E-state index contributed by atoms with van der Waals surface area (Å²) >= 11 is 0. The third-order valence-electron chi connectivity index (χ3n) is 3.14. The van der Waals surface area contributed by atoms with E-state index in [4.69, 9.17) is 0 Å². The number of nitro groups is 1. The molecule has 3 N–H and O–H groups in total. The van der Waals surface area contributed by atoms with Gasteiger partial charge in [-0.25, -0.2) is 4.98 Å². The van der Waals surface area contributed by atoms with Crippen LogP contribution in [0.2, 0.25) is 0 Å². The van der Waals surface area contributed by atoms with Gasteiger partial charge in [0.05, 0.1) is 10.5 Å². The van der Waals surface area contributed by atoms with Gasteiger partial charge in [0.25, 0.3) is 11.6 Å². The van der Waals surface area contributed by atoms with Gasteiger partial charge in [-0.3, -0.25) is 14.9 Å². The number of hydrogen-bond acceptors (Lipinski definition) is 6. The summed E-state index contributed by atoms with van der Waals surface area (Å²) in [4.78, 5) is 26.3. The molecule has 1 aromatic carbocycles. The normalized spacial score (nSPS) is 16.6. The van der Waals surface area contributed by atoms with Crippen molar-refractivity contribution in [1.82, 2.24) is 10.3 Å². The second-order valence-corrected chi connectivity index (χ2v) is 4.45. The summed E-state index contributed by atoms with van der Waals surface area (Å²) in [6, 6.07) is 6.85. The Morgan fingerprint density at radius 2 is 2.10 bits per heavy atom. The standard InChI is InChI=1S/C13H10N4O4/c18-10-4-3-7(17(20)21)6-9(10)12-15-11-8(13(19)16-12)2-1-5-14-11/h1-6,12,18H,(H,14,15)(H,16,19)/t12-/m0/s1. The molecule has 0 bridgehead atoms. The second-order valence-electron chi connectivity index (χ2n) is 4.45. The molecule has 21 heavy (non-hydrogen) atoms. The highest BCUT2D eigenvalue weighted by Gasteiger charge is 2.28. The number of phenols is 1. The highest BCUT2D eigenvalue weighted by Crippen LogP contribution is 2.31. The molecule has 1 aliphatic rings. The molecule has 1 amide bonds. The maximum atomic E-state index is 12.0. The first-order chi connectivity index (χ1) is 10.1. The van der Waals surface area contributed by atoms with E-state index in [-0.39, 0.29) is 22.9 Å². The maximum Gasteiger partial charge on any atom is 0.270 e. The van der Waals surface area contributed by atoms with Gasteiger partial charge in [0.1, 0.15) is 17.7 Å². The zero-order chi connectivity index (χ0) is 15.0. The first kappa shape index (κ1) is 12.9. The zero-order valence-electron chi connectivity index (χ0n) is 10.6. The Kier molecular flexibility index (Phi) is 2.90. The van der Waals surface area contributed by atoms with E-state index < -0.39 is 11.1 Å². The molecule has 0 unspecified atom stereocenters. The molecule has 0 fully saturated rings. The predicted molar refractivity (Wildman–Crippen MR) is 72.8 cm³/mol. The average Bonchev–Trinajstić information content (AvgIpc) is 2.47. The molecule has 8 heteroatoms. The van der Waals surface area contributed by atoms with Crippen LogP contribution in [0, 0.1) is 10.1 Å². The van der Waals surface area contributed by atoms with Gasteiger partial charge in [-0.1, -0.05) is 0 Å². The lowest BCUT2D eigenvalue weighted by Crippen LogP contribution is -2.38. The Morgan fingerprint density at radius 3 is 2.86 bits per heavy atom. The van der Waals surface area contributed by atoms with Crippen molar-refractivity contribution < 1.29 is 14.8 Å². The Balaban J connectivity index is 2.01. The lowest BCUT2D eigenvalue weighted by atomic mass is 10.1. The molecule has 1 atom stereocenters. The predicted octanol–water partition coefficient (Wildman–Crippen LogP) is 1.55. The number of amides is 1. The number of hydrogen-bond donors (Lipinski definition) is 3. The Hall–Kier alpha value is -3.16. The zero-order valence-corrected chi connectivity index (χ0v) is 10.6. The first-order valence-electron chi connectivity index (χ1n) is 6.06. The minimum atomic E-state index is -0.792. The number of carbonyl (C=O) groups excluding carboxylic acids is 1. The van der Waals surface area contributed by atoms with E-state index in [2.05, 4.69) is 15.6 Å². The van der Waals surface area contributed by atoms with E-state index in [9.17, 15) is 20.0 Å². The molecule has 3 rings (SSSR count). The van der Waals surface area contributed by atoms with Crippen LogP contribution in [0.3, 0.4) is 0 Å². The Morgan fingerprint density at radius 1 is 1.29 bits per heavy atom. The summed E-state index contributed by atoms with van der Waals surface area (Å²) in [5.41, 5.74) is 0.401. The number of aromatic nitrogens is 1. The molecule has 2 aromatic rings. The number of phenolic OH excluding ortho intramolecular Hbond substituents is 1. The summed E-state index contributed by atoms with van der Waals surface area (Å²) in [6.07, 6.45) is 0.731. The van der Waals surface area contributed by atoms with Gasteiger partial charge in [0.15, 0.2) is 0 Å². The van der Waals surface area contributed by atoms with Crippen LogP contribution >= 0.6 is 0 Å². The summed E-state index contributed by atoms with van der Waals surface area (Å²) in [6.45, 7) is 0. The highest BCUT2D eigenvalue weighted by molar-refractivity contribution is 6.00. The largest absolute Gasteiger partial charge is 0.508 e. The molecule has 0 spiro atoms. The summed E-state index contributed by atoms with van der Waals surface area (Å²) in [5.74, 6) is -0.164. The summed E-state index contributed by atoms with van der Waals surface area (Å²) < 4.78 is 0. The molecule has 0 saturated carbocycles. The minimum Gasteiger partial charge on any atom is -0.508 e. The molecular formula is C13H10N4O4. The monoisotopic (exact) mass is 286 g/mol. The average molecular weight is 286 g/mol. The molecule has 0 radical (unpaired) electrons. The number of nitrogens with one attached hydrogen (secondary N) is 2. The molecule has 1 aromatic heterocycles. The Labute approximate surface area is 118 Å². The number of carbonyl (C=O) groups is 1. The number of nitro benzene ring substituents is 1. The maximum absolute atomic E-state index is 12.0. The van der Waals surface area contributed by atoms with Gasteiger partial charge in [-0.15, -0.1) is 0 Å².